The Bertz CT molecular complexity index is 391. The third-order valence-corrected chi connectivity index (χ3v) is 4.07. The number of ether oxygens (including phenoxy) is 1. The van der Waals surface area contributed by atoms with Crippen molar-refractivity contribution in [2.45, 2.75) is 72.5 Å². The molecule has 0 radical (unpaired) electrons. The number of allylic oxidation sites excluding steroid dienone is 1. The predicted octanol–water partition coefficient (Wildman–Crippen LogP) is 3.54. The van der Waals surface area contributed by atoms with Crippen LogP contribution in [0.4, 0.5) is 0 Å². The van der Waals surface area contributed by atoms with Gasteiger partial charge in [0.15, 0.2) is 0 Å². The van der Waals surface area contributed by atoms with Crippen molar-refractivity contribution in [1.29, 1.82) is 0 Å². The summed E-state index contributed by atoms with van der Waals surface area (Å²) in [5.74, 6) is -0.177. The third-order valence-electron chi connectivity index (χ3n) is 4.07. The lowest BCUT2D eigenvalue weighted by molar-refractivity contribution is -0.153. The molecule has 0 bridgehead atoms. The first-order valence-corrected chi connectivity index (χ1v) is 7.57. The summed E-state index contributed by atoms with van der Waals surface area (Å²) >= 11 is 0. The lowest BCUT2D eigenvalue weighted by Gasteiger charge is -2.32. The van der Waals surface area contributed by atoms with Crippen LogP contribution in [-0.2, 0) is 18.8 Å². The molecule has 1 rings (SSSR count). The zero-order valence-electron chi connectivity index (χ0n) is 14.5. The SMILES string of the molecule is C=C(CCCOC(=O)C(C)(C)C)B1OC(C)(C)C(C)(C)O1. The Morgan fingerprint density at radius 1 is 1.14 bits per heavy atom. The van der Waals surface area contributed by atoms with Crippen LogP contribution in [0.2, 0.25) is 0 Å². The standard InChI is InChI=1S/C16H29BO4/c1-12(10-9-11-19-13(18)14(2,3)4)17-20-15(5,6)16(7,8)21-17/h1,9-11H2,2-8H3. The maximum absolute atomic E-state index is 11.6. The van der Waals surface area contributed by atoms with Crippen molar-refractivity contribution >= 4 is 13.1 Å². The minimum absolute atomic E-state index is 0.177. The summed E-state index contributed by atoms with van der Waals surface area (Å²) < 4.78 is 17.1. The summed E-state index contributed by atoms with van der Waals surface area (Å²) in [5.41, 5.74) is -0.262. The molecule has 0 unspecified atom stereocenters. The molecule has 0 aromatic rings. The zero-order chi connectivity index (χ0) is 16.5. The molecule has 21 heavy (non-hydrogen) atoms. The highest BCUT2D eigenvalue weighted by molar-refractivity contribution is 6.54. The number of esters is 1. The van der Waals surface area contributed by atoms with Gasteiger partial charge in [-0.1, -0.05) is 0 Å². The van der Waals surface area contributed by atoms with E-state index >= 15 is 0 Å². The van der Waals surface area contributed by atoms with Gasteiger partial charge in [-0.2, -0.15) is 0 Å². The van der Waals surface area contributed by atoms with Crippen molar-refractivity contribution in [3.8, 4) is 0 Å². The van der Waals surface area contributed by atoms with E-state index in [-0.39, 0.29) is 24.3 Å². The second-order valence-corrected chi connectivity index (χ2v) is 7.74. The smallest absolute Gasteiger partial charge is 0.465 e. The van der Waals surface area contributed by atoms with E-state index < -0.39 is 5.41 Å². The molecule has 1 saturated heterocycles. The highest BCUT2D eigenvalue weighted by atomic mass is 16.7. The molecule has 120 valence electrons. The Balaban J connectivity index is 2.35. The molecular formula is C16H29BO4. The lowest BCUT2D eigenvalue weighted by atomic mass is 9.77. The lowest BCUT2D eigenvalue weighted by Crippen LogP contribution is -2.41. The Hall–Kier alpha value is -0.805. The predicted molar refractivity (Wildman–Crippen MR) is 84.9 cm³/mol. The van der Waals surface area contributed by atoms with E-state index in [1.807, 2.05) is 48.5 Å². The Morgan fingerprint density at radius 2 is 1.62 bits per heavy atom. The molecule has 0 amide bonds. The van der Waals surface area contributed by atoms with Crippen LogP contribution in [0, 0.1) is 5.41 Å². The van der Waals surface area contributed by atoms with Gasteiger partial charge in [-0.25, -0.2) is 0 Å². The maximum Gasteiger partial charge on any atom is 0.489 e. The number of carbonyl (C=O) groups is 1. The van der Waals surface area contributed by atoms with Gasteiger partial charge in [0.1, 0.15) is 0 Å². The zero-order valence-corrected chi connectivity index (χ0v) is 14.5. The first-order chi connectivity index (χ1) is 9.37. The van der Waals surface area contributed by atoms with Crippen molar-refractivity contribution in [3.63, 3.8) is 0 Å². The average molecular weight is 296 g/mol. The van der Waals surface area contributed by atoms with E-state index in [4.69, 9.17) is 14.0 Å². The van der Waals surface area contributed by atoms with Gasteiger partial charge in [-0.15, -0.1) is 6.58 Å². The topological polar surface area (TPSA) is 44.8 Å². The quantitative estimate of drug-likeness (QED) is 0.442. The third kappa shape index (κ3) is 4.58. The van der Waals surface area contributed by atoms with E-state index in [2.05, 4.69) is 6.58 Å². The fraction of sp³-hybridized carbons (Fsp3) is 0.812. The van der Waals surface area contributed by atoms with Crippen LogP contribution >= 0.6 is 0 Å². The average Bonchev–Trinajstić information content (AvgIpc) is 2.52. The molecule has 0 spiro atoms. The largest absolute Gasteiger partial charge is 0.489 e. The van der Waals surface area contributed by atoms with E-state index in [0.717, 1.165) is 11.9 Å². The summed E-state index contributed by atoms with van der Waals surface area (Å²) in [5, 5.41) is 0. The molecule has 1 heterocycles. The van der Waals surface area contributed by atoms with E-state index in [0.29, 0.717) is 13.0 Å². The molecule has 0 atom stereocenters. The molecule has 0 aliphatic carbocycles. The highest BCUT2D eigenvalue weighted by Crippen LogP contribution is 2.38. The number of carbonyl (C=O) groups excluding carboxylic acids is 1. The van der Waals surface area contributed by atoms with Crippen molar-refractivity contribution < 1.29 is 18.8 Å². The van der Waals surface area contributed by atoms with Crippen LogP contribution in [0.3, 0.4) is 0 Å². The Labute approximate surface area is 129 Å². The van der Waals surface area contributed by atoms with Gasteiger partial charge in [0.2, 0.25) is 0 Å². The molecule has 1 aliphatic heterocycles. The summed E-state index contributed by atoms with van der Waals surface area (Å²) in [6, 6.07) is 0. The molecule has 0 saturated carbocycles. The van der Waals surface area contributed by atoms with Crippen LogP contribution in [0.5, 0.6) is 0 Å². The first kappa shape index (κ1) is 18.2. The molecular weight excluding hydrogens is 267 g/mol. The van der Waals surface area contributed by atoms with E-state index in [1.54, 1.807) is 0 Å². The van der Waals surface area contributed by atoms with Crippen molar-refractivity contribution in [1.82, 2.24) is 0 Å². The van der Waals surface area contributed by atoms with E-state index in [1.165, 1.54) is 0 Å². The van der Waals surface area contributed by atoms with Crippen LogP contribution in [0.1, 0.15) is 61.3 Å². The molecule has 0 aromatic heterocycles. The molecule has 5 heteroatoms. The second-order valence-electron chi connectivity index (χ2n) is 7.74. The normalized spacial score (nSPS) is 20.4. The van der Waals surface area contributed by atoms with Crippen molar-refractivity contribution in [2.75, 3.05) is 6.61 Å². The minimum Gasteiger partial charge on any atom is -0.465 e. The fourth-order valence-electron chi connectivity index (χ4n) is 1.81. The molecule has 1 fully saturated rings. The monoisotopic (exact) mass is 296 g/mol. The Morgan fingerprint density at radius 3 is 2.05 bits per heavy atom. The van der Waals surface area contributed by atoms with E-state index in [9.17, 15) is 4.79 Å². The van der Waals surface area contributed by atoms with Crippen LogP contribution in [-0.4, -0.2) is 30.9 Å². The second kappa shape index (κ2) is 6.13. The minimum atomic E-state index is -0.456. The summed E-state index contributed by atoms with van der Waals surface area (Å²) in [7, 11) is -0.381. The summed E-state index contributed by atoms with van der Waals surface area (Å²) in [4.78, 5) is 11.6. The van der Waals surface area contributed by atoms with Gasteiger partial charge < -0.3 is 14.0 Å². The highest BCUT2D eigenvalue weighted by Gasteiger charge is 2.51. The molecule has 1 aliphatic rings. The van der Waals surface area contributed by atoms with Gasteiger partial charge in [0, 0.05) is 0 Å². The summed E-state index contributed by atoms with van der Waals surface area (Å²) in [6.07, 6.45) is 1.44. The van der Waals surface area contributed by atoms with Crippen LogP contribution in [0.25, 0.3) is 0 Å². The first-order valence-electron chi connectivity index (χ1n) is 7.57. The molecule has 0 N–H and O–H groups in total. The Kier molecular flexibility index (Phi) is 5.33. The van der Waals surface area contributed by atoms with Gasteiger partial charge >= 0.3 is 13.1 Å². The molecule has 4 nitrogen and oxygen atoms in total. The van der Waals surface area contributed by atoms with Crippen molar-refractivity contribution in [2.24, 2.45) is 5.41 Å². The van der Waals surface area contributed by atoms with Gasteiger partial charge in [0.25, 0.3) is 0 Å². The number of hydrogen-bond donors (Lipinski definition) is 0. The van der Waals surface area contributed by atoms with Gasteiger partial charge in [-0.3, -0.25) is 4.79 Å². The van der Waals surface area contributed by atoms with Gasteiger partial charge in [-0.05, 0) is 66.8 Å². The summed E-state index contributed by atoms with van der Waals surface area (Å²) in [6.45, 7) is 18.1. The number of hydrogen-bond acceptors (Lipinski definition) is 4. The molecule has 0 aromatic carbocycles. The maximum atomic E-state index is 11.6. The van der Waals surface area contributed by atoms with Crippen LogP contribution in [0.15, 0.2) is 12.1 Å². The van der Waals surface area contributed by atoms with Gasteiger partial charge in [0.05, 0.1) is 23.2 Å². The fourth-order valence-corrected chi connectivity index (χ4v) is 1.81. The number of rotatable bonds is 5. The van der Waals surface area contributed by atoms with Crippen LogP contribution < -0.4 is 0 Å². The van der Waals surface area contributed by atoms with Crippen molar-refractivity contribution in [3.05, 3.63) is 12.1 Å².